The molecular weight excluding hydrogens is 528 g/mol. The van der Waals surface area contributed by atoms with Gasteiger partial charge in [-0.25, -0.2) is 0 Å². The van der Waals surface area contributed by atoms with E-state index in [1.807, 2.05) is 0 Å². The van der Waals surface area contributed by atoms with Gasteiger partial charge >= 0.3 is 0 Å². The molecule has 0 aliphatic heterocycles. The van der Waals surface area contributed by atoms with E-state index in [0.717, 1.165) is 0 Å². The summed E-state index contributed by atoms with van der Waals surface area (Å²) >= 11 is 0. The van der Waals surface area contributed by atoms with Crippen LogP contribution in [0.3, 0.4) is 0 Å². The van der Waals surface area contributed by atoms with Gasteiger partial charge in [0.25, 0.3) is 0 Å². The lowest BCUT2D eigenvalue weighted by atomic mass is 9.83. The Hall–Kier alpha value is -3.12. The molecule has 0 aromatic heterocycles. The average molecular weight is 591 g/mol. The molecular formula is C44H62. The first kappa shape index (κ1) is 37.1. The molecule has 238 valence electrons. The summed E-state index contributed by atoms with van der Waals surface area (Å²) in [7, 11) is 0. The second-order valence-corrected chi connectivity index (χ2v) is 14.3. The predicted octanol–water partition coefficient (Wildman–Crippen LogP) is 14.1. The van der Waals surface area contributed by atoms with Crippen LogP contribution in [0.2, 0.25) is 0 Å². The van der Waals surface area contributed by atoms with Crippen molar-refractivity contribution in [3.8, 4) is 11.1 Å². The van der Waals surface area contributed by atoms with Crippen LogP contribution < -0.4 is 0 Å². The molecule has 4 aromatic carbocycles. The topological polar surface area (TPSA) is 0 Å². The number of hydrogen-bond acceptors (Lipinski definition) is 0. The zero-order chi connectivity index (χ0) is 33.1. The van der Waals surface area contributed by atoms with Gasteiger partial charge in [-0.15, -0.1) is 0 Å². The van der Waals surface area contributed by atoms with Gasteiger partial charge in [-0.05, 0) is 99.4 Å². The van der Waals surface area contributed by atoms with Gasteiger partial charge in [-0.2, -0.15) is 0 Å². The Labute approximate surface area is 272 Å². The van der Waals surface area contributed by atoms with E-state index in [-0.39, 0.29) is 0 Å². The van der Waals surface area contributed by atoms with Crippen molar-refractivity contribution in [3.05, 3.63) is 129 Å². The first-order valence-corrected chi connectivity index (χ1v) is 17.0. The fourth-order valence-corrected chi connectivity index (χ4v) is 6.12. The highest BCUT2D eigenvalue weighted by atomic mass is 14.2. The van der Waals surface area contributed by atoms with Crippen LogP contribution in [0.25, 0.3) is 11.1 Å². The lowest BCUT2D eigenvalue weighted by Crippen LogP contribution is -2.02. The molecule has 0 saturated heterocycles. The fraction of sp³-hybridized carbons (Fsp3) is 0.455. The maximum absolute atomic E-state index is 2.32. The molecule has 0 aliphatic carbocycles. The molecule has 44 heavy (non-hydrogen) atoms. The van der Waals surface area contributed by atoms with Crippen LogP contribution in [0.15, 0.2) is 84.9 Å². The molecule has 0 fully saturated rings. The smallest absolute Gasteiger partial charge is 0.0144 e. The molecule has 4 aromatic rings. The van der Waals surface area contributed by atoms with E-state index in [4.69, 9.17) is 0 Å². The summed E-state index contributed by atoms with van der Waals surface area (Å²) < 4.78 is 0. The number of rotatable bonds is 7. The Balaban J connectivity index is 0.000000244. The Morgan fingerprint density at radius 3 is 1.05 bits per heavy atom. The SMILES string of the molecule is CC(C)c1ccccc1C(C)C.CC(C)c1ccccc1C(C)C.Cc1ccc(C)c(-c2cccc(C(C)C)c2C(C)C)c1. The van der Waals surface area contributed by atoms with Gasteiger partial charge in [0.05, 0.1) is 0 Å². The van der Waals surface area contributed by atoms with Gasteiger partial charge in [0.2, 0.25) is 0 Å². The molecule has 0 spiro atoms. The third-order valence-electron chi connectivity index (χ3n) is 8.50. The monoisotopic (exact) mass is 590 g/mol. The van der Waals surface area contributed by atoms with Gasteiger partial charge in [0.15, 0.2) is 0 Å². The van der Waals surface area contributed by atoms with E-state index in [2.05, 4.69) is 182 Å². The lowest BCUT2D eigenvalue weighted by molar-refractivity contribution is 0.790. The minimum Gasteiger partial charge on any atom is -0.0620 e. The predicted molar refractivity (Wildman–Crippen MR) is 199 cm³/mol. The summed E-state index contributed by atoms with van der Waals surface area (Å²) in [6, 6.07) is 31.0. The zero-order valence-electron chi connectivity index (χ0n) is 30.5. The molecule has 0 saturated carbocycles. The minimum atomic E-state index is 0.545. The molecule has 0 radical (unpaired) electrons. The van der Waals surface area contributed by atoms with Gasteiger partial charge in [-0.1, -0.05) is 174 Å². The van der Waals surface area contributed by atoms with Crippen LogP contribution in [-0.4, -0.2) is 0 Å². The van der Waals surface area contributed by atoms with Crippen LogP contribution in [0.1, 0.15) is 163 Å². The van der Waals surface area contributed by atoms with Crippen molar-refractivity contribution in [3.63, 3.8) is 0 Å². The average Bonchev–Trinajstić information content (AvgIpc) is 2.98. The summed E-state index contributed by atoms with van der Waals surface area (Å²) in [5.41, 5.74) is 14.5. The van der Waals surface area contributed by atoms with Crippen LogP contribution >= 0.6 is 0 Å². The third-order valence-corrected chi connectivity index (χ3v) is 8.50. The molecule has 0 unspecified atom stereocenters. The largest absolute Gasteiger partial charge is 0.0620 e. The molecule has 0 bridgehead atoms. The molecule has 4 rings (SSSR count). The second-order valence-electron chi connectivity index (χ2n) is 14.3. The van der Waals surface area contributed by atoms with E-state index >= 15 is 0 Å². The van der Waals surface area contributed by atoms with E-state index in [0.29, 0.717) is 35.5 Å². The Morgan fingerprint density at radius 1 is 0.341 bits per heavy atom. The summed E-state index contributed by atoms with van der Waals surface area (Å²) in [5.74, 6) is 3.68. The molecule has 0 aliphatic rings. The molecule has 0 heterocycles. The Bertz CT molecular complexity index is 1320. The highest BCUT2D eigenvalue weighted by Gasteiger charge is 2.16. The normalized spacial score (nSPS) is 11.3. The number of benzene rings is 4. The van der Waals surface area contributed by atoms with Crippen LogP contribution in [0.5, 0.6) is 0 Å². The van der Waals surface area contributed by atoms with Gasteiger partial charge < -0.3 is 0 Å². The third kappa shape index (κ3) is 10.2. The van der Waals surface area contributed by atoms with E-state index < -0.39 is 0 Å². The molecule has 0 amide bonds. The van der Waals surface area contributed by atoms with Crippen molar-refractivity contribution in [1.29, 1.82) is 0 Å². The van der Waals surface area contributed by atoms with E-state index in [9.17, 15) is 0 Å². The van der Waals surface area contributed by atoms with Crippen molar-refractivity contribution in [2.45, 2.75) is 132 Å². The summed E-state index contributed by atoms with van der Waals surface area (Å²) in [4.78, 5) is 0. The second kappa shape index (κ2) is 17.4. The quantitative estimate of drug-likeness (QED) is 0.201. The van der Waals surface area contributed by atoms with Crippen molar-refractivity contribution in [1.82, 2.24) is 0 Å². The fourth-order valence-electron chi connectivity index (χ4n) is 6.12. The first-order valence-electron chi connectivity index (χ1n) is 17.0. The molecule has 0 atom stereocenters. The van der Waals surface area contributed by atoms with Crippen LogP contribution in [0, 0.1) is 13.8 Å². The van der Waals surface area contributed by atoms with Gasteiger partial charge in [0.1, 0.15) is 0 Å². The van der Waals surface area contributed by atoms with Crippen molar-refractivity contribution < 1.29 is 0 Å². The number of aryl methyl sites for hydroxylation is 2. The summed E-state index contributed by atoms with van der Waals surface area (Å²) in [5, 5.41) is 0. The van der Waals surface area contributed by atoms with E-state index in [1.165, 1.54) is 55.6 Å². The molecule has 0 heteroatoms. The lowest BCUT2D eigenvalue weighted by Gasteiger charge is -2.21. The molecule has 0 nitrogen and oxygen atoms in total. The first-order chi connectivity index (χ1) is 20.7. The zero-order valence-corrected chi connectivity index (χ0v) is 30.5. The van der Waals surface area contributed by atoms with Gasteiger partial charge in [0, 0.05) is 0 Å². The summed E-state index contributed by atoms with van der Waals surface area (Å²) in [6.07, 6.45) is 0. The van der Waals surface area contributed by atoms with Crippen LogP contribution in [-0.2, 0) is 0 Å². The maximum atomic E-state index is 2.32. The minimum absolute atomic E-state index is 0.545. The van der Waals surface area contributed by atoms with Crippen molar-refractivity contribution in [2.75, 3.05) is 0 Å². The van der Waals surface area contributed by atoms with Crippen molar-refractivity contribution in [2.24, 2.45) is 0 Å². The Morgan fingerprint density at radius 2 is 0.705 bits per heavy atom. The summed E-state index contributed by atoms with van der Waals surface area (Å²) in [6.45, 7) is 31.6. The van der Waals surface area contributed by atoms with Gasteiger partial charge in [-0.3, -0.25) is 0 Å². The van der Waals surface area contributed by atoms with E-state index in [1.54, 1.807) is 0 Å². The molecule has 0 N–H and O–H groups in total. The highest BCUT2D eigenvalue weighted by molar-refractivity contribution is 5.73. The number of hydrogen-bond donors (Lipinski definition) is 0. The highest BCUT2D eigenvalue weighted by Crippen LogP contribution is 2.37. The van der Waals surface area contributed by atoms with Crippen LogP contribution in [0.4, 0.5) is 0 Å². The van der Waals surface area contributed by atoms with Crippen molar-refractivity contribution >= 4 is 0 Å². The standard InChI is InChI=1S/C20H26.2C12H18/c1-13(2)17-8-7-9-18(20(17)14(3)4)19-12-15(5)10-11-16(19)6;2*1-9(2)11-7-5-6-8-12(11)10(3)4/h7-14H,1-6H3;2*5-10H,1-4H3. The Kier molecular flexibility index (Phi) is 14.6. The maximum Gasteiger partial charge on any atom is -0.0144 e.